The quantitative estimate of drug-likeness (QED) is 0.412. The van der Waals surface area contributed by atoms with E-state index in [0.717, 1.165) is 4.70 Å². The van der Waals surface area contributed by atoms with Gasteiger partial charge in [0.1, 0.15) is 0 Å². The van der Waals surface area contributed by atoms with Gasteiger partial charge in [0.25, 0.3) is 5.69 Å². The fourth-order valence-corrected chi connectivity index (χ4v) is 2.05. The van der Waals surface area contributed by atoms with Gasteiger partial charge in [-0.2, -0.15) is 0 Å². The summed E-state index contributed by atoms with van der Waals surface area (Å²) >= 11 is 6.21. The molecule has 6 heteroatoms. The molecule has 0 aliphatic carbocycles. The van der Waals surface area contributed by atoms with Crippen molar-refractivity contribution in [3.8, 4) is 0 Å². The van der Waals surface area contributed by atoms with Gasteiger partial charge in [-0.3, -0.25) is 15.1 Å². The number of hydrogen-bond acceptors (Lipinski definition) is 5. The molecule has 2 aromatic rings. The number of benzene rings is 1. The zero-order chi connectivity index (χ0) is 9.42. The normalized spacial score (nSPS) is 10.5. The van der Waals surface area contributed by atoms with Crippen molar-refractivity contribution in [1.29, 1.82) is 0 Å². The molecule has 0 aliphatic rings. The van der Waals surface area contributed by atoms with Gasteiger partial charge in [-0.15, -0.1) is 0 Å². The molecule has 1 heterocycles. The lowest BCUT2D eigenvalue weighted by Gasteiger charge is -1.91. The molecular formula is C7H3N2O2S2-. The minimum absolute atomic E-state index is 0.0489. The molecule has 0 saturated carbocycles. The molecule has 66 valence electrons. The minimum atomic E-state index is -0.443. The molecule has 1 aromatic heterocycles. The van der Waals surface area contributed by atoms with Crippen LogP contribution in [0.4, 0.5) is 5.69 Å². The molecule has 0 fully saturated rings. The zero-order valence-corrected chi connectivity index (χ0v) is 7.89. The maximum Gasteiger partial charge on any atom is 0.271 e. The van der Waals surface area contributed by atoms with Crippen LogP contribution in [0.5, 0.6) is 0 Å². The Labute approximate surface area is 82.8 Å². The van der Waals surface area contributed by atoms with Crippen molar-refractivity contribution >= 4 is 39.9 Å². The smallest absolute Gasteiger partial charge is 0.271 e. The zero-order valence-electron chi connectivity index (χ0n) is 6.26. The van der Waals surface area contributed by atoms with E-state index in [9.17, 15) is 10.1 Å². The molecule has 0 saturated heterocycles. The molecular weight excluding hydrogens is 208 g/mol. The largest absolute Gasteiger partial charge is 0.408 e. The molecule has 0 unspecified atom stereocenters. The monoisotopic (exact) mass is 211 g/mol. The van der Waals surface area contributed by atoms with E-state index in [1.165, 1.54) is 23.5 Å². The summed E-state index contributed by atoms with van der Waals surface area (Å²) in [6.07, 6.45) is 0. The van der Waals surface area contributed by atoms with E-state index in [4.69, 9.17) is 12.6 Å². The predicted molar refractivity (Wildman–Crippen MR) is 51.9 cm³/mol. The van der Waals surface area contributed by atoms with Crippen LogP contribution in [0.1, 0.15) is 0 Å². The number of hydrogen-bond donors (Lipinski definition) is 0. The van der Waals surface area contributed by atoms with Crippen LogP contribution in [0.25, 0.3) is 10.2 Å². The molecule has 0 spiro atoms. The molecule has 0 radical (unpaired) electrons. The lowest BCUT2D eigenvalue weighted by Crippen LogP contribution is -1.86. The molecule has 4 nitrogen and oxygen atoms in total. The van der Waals surface area contributed by atoms with E-state index >= 15 is 0 Å². The van der Waals surface area contributed by atoms with Gasteiger partial charge < -0.3 is 24.0 Å². The van der Waals surface area contributed by atoms with E-state index in [1.807, 2.05) is 0 Å². The van der Waals surface area contributed by atoms with E-state index in [2.05, 4.69) is 4.98 Å². The van der Waals surface area contributed by atoms with Crippen molar-refractivity contribution < 1.29 is 4.92 Å². The second-order valence-electron chi connectivity index (χ2n) is 2.39. The van der Waals surface area contributed by atoms with Gasteiger partial charge in [-0.25, -0.2) is 0 Å². The van der Waals surface area contributed by atoms with Gasteiger partial charge in [0.2, 0.25) is 0 Å². The third-order valence-electron chi connectivity index (χ3n) is 1.56. The van der Waals surface area contributed by atoms with E-state index in [-0.39, 0.29) is 5.69 Å². The van der Waals surface area contributed by atoms with Crippen LogP contribution in [-0.4, -0.2) is 9.91 Å². The maximum absolute atomic E-state index is 10.4. The summed E-state index contributed by atoms with van der Waals surface area (Å²) in [6.45, 7) is 0. The lowest BCUT2D eigenvalue weighted by molar-refractivity contribution is -0.384. The van der Waals surface area contributed by atoms with Gasteiger partial charge in [0.15, 0.2) is 0 Å². The van der Waals surface area contributed by atoms with Crippen molar-refractivity contribution in [3.05, 3.63) is 28.3 Å². The van der Waals surface area contributed by atoms with Crippen LogP contribution < -0.4 is 0 Å². The fourth-order valence-electron chi connectivity index (χ4n) is 1.01. The van der Waals surface area contributed by atoms with Gasteiger partial charge in [0.05, 0.1) is 10.4 Å². The standard InChI is InChI=1S/C7H4N2O2S2/c10-9(11)4-1-2-6-5(3-4)8-7(12)13-6/h1-3H,(H,8,12)/p-1. The number of fused-ring (bicyclic) bond motifs is 1. The highest BCUT2D eigenvalue weighted by Crippen LogP contribution is 2.25. The number of nitrogens with zero attached hydrogens (tertiary/aromatic N) is 2. The Hall–Kier alpha value is -1.27. The van der Waals surface area contributed by atoms with Crippen molar-refractivity contribution in [2.24, 2.45) is 0 Å². The first-order valence-corrected chi connectivity index (χ1v) is 4.61. The first-order valence-electron chi connectivity index (χ1n) is 3.39. The minimum Gasteiger partial charge on any atom is -0.408 e. The Morgan fingerprint density at radius 2 is 2.31 bits per heavy atom. The average molecular weight is 211 g/mol. The Balaban J connectivity index is 2.67. The molecule has 0 atom stereocenters. The number of nitro benzene ring substituents is 1. The number of nitro groups is 1. The Morgan fingerprint density at radius 1 is 1.54 bits per heavy atom. The third-order valence-corrected chi connectivity index (χ3v) is 2.73. The average Bonchev–Trinajstić information content (AvgIpc) is 2.42. The maximum atomic E-state index is 10.4. The number of aromatic nitrogens is 1. The lowest BCUT2D eigenvalue weighted by atomic mass is 10.3. The van der Waals surface area contributed by atoms with Crippen molar-refractivity contribution in [2.75, 3.05) is 0 Å². The third kappa shape index (κ3) is 1.45. The molecule has 2 rings (SSSR count). The summed E-state index contributed by atoms with van der Waals surface area (Å²) in [5, 5.41) is 10.4. The first-order chi connectivity index (χ1) is 6.16. The van der Waals surface area contributed by atoms with E-state index in [1.54, 1.807) is 6.07 Å². The summed E-state index contributed by atoms with van der Waals surface area (Å²) in [7, 11) is 0. The summed E-state index contributed by atoms with van der Waals surface area (Å²) in [5.41, 5.74) is 0.650. The van der Waals surface area contributed by atoms with Crippen molar-refractivity contribution in [3.63, 3.8) is 0 Å². The molecule has 1 aromatic carbocycles. The van der Waals surface area contributed by atoms with Gasteiger partial charge in [-0.05, 0) is 9.04 Å². The number of thiazole rings is 1. The number of non-ortho nitro benzene ring substituents is 1. The second kappa shape index (κ2) is 2.90. The summed E-state index contributed by atoms with van der Waals surface area (Å²) in [4.78, 5) is 13.9. The Morgan fingerprint density at radius 3 is 3.00 bits per heavy atom. The first kappa shape index (κ1) is 8.33. The van der Waals surface area contributed by atoms with Crippen LogP contribution in [-0.2, 0) is 12.6 Å². The summed E-state index contributed by atoms with van der Waals surface area (Å²) < 4.78 is 1.39. The highest BCUT2D eigenvalue weighted by atomic mass is 32.2. The van der Waals surface area contributed by atoms with Crippen molar-refractivity contribution in [1.82, 2.24) is 4.98 Å². The highest BCUT2D eigenvalue weighted by molar-refractivity contribution is 7.63. The highest BCUT2D eigenvalue weighted by Gasteiger charge is 2.05. The van der Waals surface area contributed by atoms with Gasteiger partial charge >= 0.3 is 0 Å². The number of rotatable bonds is 1. The van der Waals surface area contributed by atoms with Crippen LogP contribution in [0, 0.1) is 10.1 Å². The summed E-state index contributed by atoms with van der Waals surface area (Å²) in [5.74, 6) is 0. The SMILES string of the molecule is O=[N+]([O-])c1ccc2sc([S-])nc2c1. The fraction of sp³-hybridized carbons (Fsp3) is 0. The molecule has 0 aliphatic heterocycles. The Kier molecular flexibility index (Phi) is 1.86. The molecule has 0 bridgehead atoms. The van der Waals surface area contributed by atoms with Crippen LogP contribution >= 0.6 is 11.3 Å². The Bertz CT molecular complexity index is 480. The second-order valence-corrected chi connectivity index (χ2v) is 4.06. The molecule has 0 N–H and O–H groups in total. The topological polar surface area (TPSA) is 56.0 Å². The summed E-state index contributed by atoms with van der Waals surface area (Å²) in [6, 6.07) is 4.55. The van der Waals surface area contributed by atoms with E-state index < -0.39 is 4.92 Å². The van der Waals surface area contributed by atoms with Crippen LogP contribution in [0.15, 0.2) is 22.5 Å². The van der Waals surface area contributed by atoms with Crippen molar-refractivity contribution in [2.45, 2.75) is 4.34 Å². The van der Waals surface area contributed by atoms with Crippen LogP contribution in [0.2, 0.25) is 0 Å². The van der Waals surface area contributed by atoms with Gasteiger partial charge in [0, 0.05) is 12.1 Å². The molecule has 0 amide bonds. The molecule has 13 heavy (non-hydrogen) atoms. The van der Waals surface area contributed by atoms with Gasteiger partial charge in [-0.1, -0.05) is 6.07 Å². The predicted octanol–water partition coefficient (Wildman–Crippen LogP) is 2.11. The van der Waals surface area contributed by atoms with E-state index in [0.29, 0.717) is 9.86 Å². The van der Waals surface area contributed by atoms with Crippen LogP contribution in [0.3, 0.4) is 0 Å².